The van der Waals surface area contributed by atoms with E-state index in [2.05, 4.69) is 17.0 Å². The van der Waals surface area contributed by atoms with Crippen LogP contribution in [0.25, 0.3) is 0 Å². The summed E-state index contributed by atoms with van der Waals surface area (Å²) < 4.78 is 0. The Bertz CT molecular complexity index is 460. The maximum Gasteiger partial charge on any atom is 0.0464 e. The molecule has 0 spiro atoms. The van der Waals surface area contributed by atoms with Crippen molar-refractivity contribution >= 4 is 17.3 Å². The molecular weight excluding hydrogens is 268 g/mol. The maximum absolute atomic E-state index is 6.63. The molecule has 1 saturated carbocycles. The Morgan fingerprint density at radius 3 is 2.40 bits per heavy atom. The summed E-state index contributed by atoms with van der Waals surface area (Å²) in [4.78, 5) is 2.51. The van der Waals surface area contributed by atoms with Crippen molar-refractivity contribution in [1.82, 2.24) is 0 Å². The number of anilines is 1. The Morgan fingerprint density at radius 1 is 1.05 bits per heavy atom. The van der Waals surface area contributed by atoms with Crippen molar-refractivity contribution in [3.8, 4) is 0 Å². The summed E-state index contributed by atoms with van der Waals surface area (Å²) in [6.45, 7) is 3.04. The lowest BCUT2D eigenvalue weighted by Crippen LogP contribution is -2.39. The highest BCUT2D eigenvalue weighted by Crippen LogP contribution is 2.46. The second-order valence-electron chi connectivity index (χ2n) is 6.37. The molecule has 1 saturated heterocycles. The molecular formula is C17H25ClN2. The molecule has 0 radical (unpaired) electrons. The predicted octanol–water partition coefficient (Wildman–Crippen LogP) is 4.10. The second kappa shape index (κ2) is 5.95. The van der Waals surface area contributed by atoms with Crippen molar-refractivity contribution in [3.63, 3.8) is 0 Å². The molecule has 0 bridgehead atoms. The number of rotatable bonds is 3. The first-order chi connectivity index (χ1) is 9.77. The summed E-state index contributed by atoms with van der Waals surface area (Å²) in [7, 11) is 0. The Morgan fingerprint density at radius 2 is 1.75 bits per heavy atom. The molecule has 0 amide bonds. The molecule has 110 valence electrons. The third-order valence-electron chi connectivity index (χ3n) is 5.17. The third kappa shape index (κ3) is 2.44. The van der Waals surface area contributed by atoms with E-state index >= 15 is 0 Å². The Kier molecular flexibility index (Phi) is 4.23. The topological polar surface area (TPSA) is 29.3 Å². The van der Waals surface area contributed by atoms with Crippen molar-refractivity contribution in [2.75, 3.05) is 24.5 Å². The van der Waals surface area contributed by atoms with Crippen molar-refractivity contribution in [1.29, 1.82) is 0 Å². The molecule has 0 unspecified atom stereocenters. The van der Waals surface area contributed by atoms with Gasteiger partial charge in [-0.25, -0.2) is 0 Å². The molecule has 20 heavy (non-hydrogen) atoms. The third-order valence-corrected chi connectivity index (χ3v) is 5.49. The molecule has 2 fully saturated rings. The molecule has 2 N–H and O–H groups in total. The average Bonchev–Trinajstić information content (AvgIpc) is 3.02. The normalized spacial score (nSPS) is 22.2. The first kappa shape index (κ1) is 14.2. The first-order valence-electron chi connectivity index (χ1n) is 8.01. The van der Waals surface area contributed by atoms with Gasteiger partial charge in [-0.15, -0.1) is 0 Å². The number of hydrogen-bond donors (Lipinski definition) is 1. The molecule has 3 heteroatoms. The van der Waals surface area contributed by atoms with Gasteiger partial charge in [0.2, 0.25) is 0 Å². The molecule has 1 heterocycles. The molecule has 2 nitrogen and oxygen atoms in total. The van der Waals surface area contributed by atoms with Crippen LogP contribution < -0.4 is 10.6 Å². The van der Waals surface area contributed by atoms with Gasteiger partial charge >= 0.3 is 0 Å². The maximum atomic E-state index is 6.63. The minimum Gasteiger partial charge on any atom is -0.371 e. The van der Waals surface area contributed by atoms with E-state index < -0.39 is 0 Å². The van der Waals surface area contributed by atoms with Gasteiger partial charge in [-0.05, 0) is 37.8 Å². The number of nitrogens with two attached hydrogens (primary N) is 1. The van der Waals surface area contributed by atoms with Gasteiger partial charge in [0.05, 0.1) is 0 Å². The van der Waals surface area contributed by atoms with Crippen molar-refractivity contribution < 1.29 is 0 Å². The second-order valence-corrected chi connectivity index (χ2v) is 6.78. The largest absolute Gasteiger partial charge is 0.371 e. The summed E-state index contributed by atoms with van der Waals surface area (Å²) >= 11 is 6.63. The Balaban J connectivity index is 2.05. The molecule has 2 aliphatic rings. The van der Waals surface area contributed by atoms with E-state index in [9.17, 15) is 0 Å². The molecule has 1 aliphatic carbocycles. The minimum atomic E-state index is 0.106. The van der Waals surface area contributed by atoms with E-state index in [0.717, 1.165) is 24.7 Å². The fraction of sp³-hybridized carbons (Fsp3) is 0.647. The van der Waals surface area contributed by atoms with Crippen LogP contribution in [0.3, 0.4) is 0 Å². The lowest BCUT2D eigenvalue weighted by molar-refractivity contribution is 0.301. The zero-order valence-corrected chi connectivity index (χ0v) is 13.0. The predicted molar refractivity (Wildman–Crippen MR) is 86.7 cm³/mol. The van der Waals surface area contributed by atoms with Gasteiger partial charge in [0, 0.05) is 41.3 Å². The fourth-order valence-corrected chi connectivity index (χ4v) is 4.41. The standard InChI is InChI=1S/C17H25ClN2/c18-14-7-6-8-15(20-11-4-5-12-20)16(14)17(13-19)9-2-1-3-10-17/h6-8H,1-5,9-13,19H2. The van der Waals surface area contributed by atoms with Crippen LogP contribution in [0.1, 0.15) is 50.5 Å². The van der Waals surface area contributed by atoms with Crippen LogP contribution in [-0.2, 0) is 5.41 Å². The lowest BCUT2D eigenvalue weighted by Gasteiger charge is -2.40. The van der Waals surface area contributed by atoms with Crippen LogP contribution in [0.4, 0.5) is 5.69 Å². The van der Waals surface area contributed by atoms with E-state index in [1.54, 1.807) is 0 Å². The van der Waals surface area contributed by atoms with Gasteiger partial charge in [0.1, 0.15) is 0 Å². The van der Waals surface area contributed by atoms with Crippen LogP contribution in [0, 0.1) is 0 Å². The highest BCUT2D eigenvalue weighted by atomic mass is 35.5. The van der Waals surface area contributed by atoms with E-state index in [1.807, 2.05) is 6.07 Å². The van der Waals surface area contributed by atoms with E-state index in [0.29, 0.717) is 0 Å². The zero-order valence-electron chi connectivity index (χ0n) is 12.2. The summed E-state index contributed by atoms with van der Waals surface area (Å²) in [5.74, 6) is 0. The van der Waals surface area contributed by atoms with E-state index in [-0.39, 0.29) is 5.41 Å². The number of halogens is 1. The van der Waals surface area contributed by atoms with Gasteiger partial charge in [0.15, 0.2) is 0 Å². The highest BCUT2D eigenvalue weighted by Gasteiger charge is 2.37. The van der Waals surface area contributed by atoms with Crippen LogP contribution in [0.2, 0.25) is 5.02 Å². The molecule has 1 aromatic carbocycles. The van der Waals surface area contributed by atoms with E-state index in [1.165, 1.54) is 56.2 Å². The summed E-state index contributed by atoms with van der Waals surface area (Å²) in [6, 6.07) is 6.38. The Hall–Kier alpha value is -0.730. The lowest BCUT2D eigenvalue weighted by atomic mass is 9.69. The minimum absolute atomic E-state index is 0.106. The Labute approximate surface area is 127 Å². The molecule has 1 aromatic rings. The number of benzene rings is 1. The van der Waals surface area contributed by atoms with Crippen LogP contribution in [0.15, 0.2) is 18.2 Å². The van der Waals surface area contributed by atoms with Crippen molar-refractivity contribution in [3.05, 3.63) is 28.8 Å². The quantitative estimate of drug-likeness (QED) is 0.909. The molecule has 3 rings (SSSR count). The van der Waals surface area contributed by atoms with Gasteiger partial charge in [-0.2, -0.15) is 0 Å². The van der Waals surface area contributed by atoms with Crippen LogP contribution in [-0.4, -0.2) is 19.6 Å². The number of hydrogen-bond acceptors (Lipinski definition) is 2. The smallest absolute Gasteiger partial charge is 0.0464 e. The van der Waals surface area contributed by atoms with Crippen molar-refractivity contribution in [2.45, 2.75) is 50.4 Å². The highest BCUT2D eigenvalue weighted by molar-refractivity contribution is 6.32. The van der Waals surface area contributed by atoms with Gasteiger partial charge in [-0.1, -0.05) is 36.9 Å². The summed E-state index contributed by atoms with van der Waals surface area (Å²) in [6.07, 6.45) is 8.86. The van der Waals surface area contributed by atoms with Gasteiger partial charge in [0.25, 0.3) is 0 Å². The summed E-state index contributed by atoms with van der Waals surface area (Å²) in [5.41, 5.74) is 9.02. The first-order valence-corrected chi connectivity index (χ1v) is 8.39. The van der Waals surface area contributed by atoms with E-state index in [4.69, 9.17) is 17.3 Å². The molecule has 1 aliphatic heterocycles. The zero-order chi connectivity index (χ0) is 14.0. The monoisotopic (exact) mass is 292 g/mol. The molecule has 0 aromatic heterocycles. The van der Waals surface area contributed by atoms with Gasteiger partial charge < -0.3 is 10.6 Å². The average molecular weight is 293 g/mol. The number of nitrogens with zero attached hydrogens (tertiary/aromatic N) is 1. The molecule has 0 atom stereocenters. The van der Waals surface area contributed by atoms with Crippen molar-refractivity contribution in [2.24, 2.45) is 5.73 Å². The SMILES string of the molecule is NCC1(c2c(Cl)cccc2N2CCCC2)CCCCC1. The fourth-order valence-electron chi connectivity index (χ4n) is 4.04. The van der Waals surface area contributed by atoms with Gasteiger partial charge in [-0.3, -0.25) is 0 Å². The van der Waals surface area contributed by atoms with Crippen LogP contribution in [0.5, 0.6) is 0 Å². The summed E-state index contributed by atoms with van der Waals surface area (Å²) in [5, 5.41) is 0.918. The van der Waals surface area contributed by atoms with Crippen LogP contribution >= 0.6 is 11.6 Å².